The van der Waals surface area contributed by atoms with Gasteiger partial charge in [0.25, 0.3) is 5.91 Å². The fraction of sp³-hybridized carbons (Fsp3) is 0.318. The van der Waals surface area contributed by atoms with E-state index in [0.717, 1.165) is 16.8 Å². The monoisotopic (exact) mass is 429 g/mol. The first kappa shape index (κ1) is 23.4. The van der Waals surface area contributed by atoms with Crippen LogP contribution in [0.3, 0.4) is 0 Å². The standard InChI is InChI=1S/C22H31N5O2S/c1-14-7-8-15(11-19(14)27(24)10-9-23)21(28)25-17-12-16(22(2,3)4)13-18(26-30-6)20(17)29-5/h7-13,26H,23-24H2,1-6H3,(H,25,28)/b10-9-. The number of carbonyl (C=O) groups is 1. The van der Waals surface area contributed by atoms with E-state index < -0.39 is 0 Å². The number of rotatable bonds is 7. The van der Waals surface area contributed by atoms with Crippen molar-refractivity contribution in [3.8, 4) is 5.75 Å². The number of benzene rings is 2. The zero-order valence-electron chi connectivity index (χ0n) is 18.4. The third-order valence-electron chi connectivity index (χ3n) is 4.62. The van der Waals surface area contributed by atoms with Crippen molar-refractivity contribution in [3.05, 3.63) is 59.4 Å². The minimum absolute atomic E-state index is 0.105. The quantitative estimate of drug-likeness (QED) is 0.294. The number of nitrogens with two attached hydrogens (primary N) is 2. The molecule has 0 saturated carbocycles. The van der Waals surface area contributed by atoms with Crippen LogP contribution in [-0.4, -0.2) is 19.3 Å². The molecule has 0 radical (unpaired) electrons. The van der Waals surface area contributed by atoms with Gasteiger partial charge in [-0.2, -0.15) is 0 Å². The summed E-state index contributed by atoms with van der Waals surface area (Å²) in [6.07, 6.45) is 4.80. The summed E-state index contributed by atoms with van der Waals surface area (Å²) in [6, 6.07) is 9.32. The fourth-order valence-corrected chi connectivity index (χ4v) is 3.33. The van der Waals surface area contributed by atoms with Crippen molar-refractivity contribution in [2.24, 2.45) is 11.6 Å². The molecule has 30 heavy (non-hydrogen) atoms. The molecule has 0 aliphatic rings. The molecule has 0 unspecified atom stereocenters. The molecule has 0 bridgehead atoms. The molecule has 2 aromatic rings. The zero-order valence-corrected chi connectivity index (χ0v) is 19.2. The van der Waals surface area contributed by atoms with Gasteiger partial charge in [0.15, 0.2) is 5.75 Å². The Kier molecular flexibility index (Phi) is 7.64. The highest BCUT2D eigenvalue weighted by molar-refractivity contribution is 7.99. The van der Waals surface area contributed by atoms with E-state index >= 15 is 0 Å². The lowest BCUT2D eigenvalue weighted by atomic mass is 9.86. The summed E-state index contributed by atoms with van der Waals surface area (Å²) < 4.78 is 8.84. The predicted octanol–water partition coefficient (Wildman–Crippen LogP) is 4.35. The second-order valence-corrected chi connectivity index (χ2v) is 8.48. The highest BCUT2D eigenvalue weighted by atomic mass is 32.2. The van der Waals surface area contributed by atoms with E-state index in [-0.39, 0.29) is 11.3 Å². The number of nitrogens with zero attached hydrogens (tertiary/aromatic N) is 1. The van der Waals surface area contributed by atoms with Crippen molar-refractivity contribution in [1.29, 1.82) is 0 Å². The maximum absolute atomic E-state index is 13.1. The lowest BCUT2D eigenvalue weighted by molar-refractivity contribution is 0.102. The second-order valence-electron chi connectivity index (χ2n) is 7.86. The molecular weight excluding hydrogens is 398 g/mol. The van der Waals surface area contributed by atoms with Crippen LogP contribution in [0, 0.1) is 6.92 Å². The first-order chi connectivity index (χ1) is 14.1. The molecule has 1 amide bonds. The van der Waals surface area contributed by atoms with E-state index in [1.807, 2.05) is 31.4 Å². The fourth-order valence-electron chi connectivity index (χ4n) is 2.96. The molecule has 6 N–H and O–H groups in total. The Morgan fingerprint density at radius 3 is 2.43 bits per heavy atom. The number of hydrogen-bond acceptors (Lipinski definition) is 7. The van der Waals surface area contributed by atoms with Crippen LogP contribution in [0.25, 0.3) is 0 Å². The van der Waals surface area contributed by atoms with Crippen LogP contribution in [0.1, 0.15) is 42.3 Å². The molecular formula is C22H31N5O2S. The highest BCUT2D eigenvalue weighted by Crippen LogP contribution is 2.39. The molecule has 0 spiro atoms. The molecule has 0 aliphatic carbocycles. The van der Waals surface area contributed by atoms with Crippen LogP contribution in [0.5, 0.6) is 5.75 Å². The summed E-state index contributed by atoms with van der Waals surface area (Å²) in [7, 11) is 1.59. The van der Waals surface area contributed by atoms with E-state index in [1.165, 1.54) is 29.4 Å². The van der Waals surface area contributed by atoms with Gasteiger partial charge in [0, 0.05) is 24.2 Å². The van der Waals surface area contributed by atoms with Crippen LogP contribution in [0.2, 0.25) is 0 Å². The summed E-state index contributed by atoms with van der Waals surface area (Å²) in [5.74, 6) is 6.31. The minimum Gasteiger partial charge on any atom is -0.492 e. The lowest BCUT2D eigenvalue weighted by Crippen LogP contribution is -2.26. The van der Waals surface area contributed by atoms with Crippen molar-refractivity contribution in [3.63, 3.8) is 0 Å². The van der Waals surface area contributed by atoms with Gasteiger partial charge < -0.3 is 20.5 Å². The smallest absolute Gasteiger partial charge is 0.255 e. The van der Waals surface area contributed by atoms with Gasteiger partial charge in [-0.15, -0.1) is 0 Å². The zero-order chi connectivity index (χ0) is 22.5. The largest absolute Gasteiger partial charge is 0.492 e. The molecule has 0 aromatic heterocycles. The molecule has 7 nitrogen and oxygen atoms in total. The molecule has 2 aromatic carbocycles. The normalized spacial score (nSPS) is 11.4. The Morgan fingerprint density at radius 2 is 1.87 bits per heavy atom. The van der Waals surface area contributed by atoms with E-state index in [2.05, 4.69) is 30.8 Å². The van der Waals surface area contributed by atoms with Crippen LogP contribution in [0.15, 0.2) is 42.7 Å². The number of methoxy groups -OCH3 is 1. The van der Waals surface area contributed by atoms with Gasteiger partial charge in [-0.05, 0) is 47.7 Å². The van der Waals surface area contributed by atoms with Crippen LogP contribution in [0.4, 0.5) is 17.1 Å². The van der Waals surface area contributed by atoms with Crippen LogP contribution in [-0.2, 0) is 5.41 Å². The third-order valence-corrected chi connectivity index (χ3v) is 5.04. The van der Waals surface area contributed by atoms with Crippen molar-refractivity contribution in [1.82, 2.24) is 0 Å². The van der Waals surface area contributed by atoms with Crippen molar-refractivity contribution in [2.45, 2.75) is 33.1 Å². The number of hydrazine groups is 1. The number of amides is 1. The number of anilines is 3. The van der Waals surface area contributed by atoms with Crippen LogP contribution < -0.4 is 31.4 Å². The molecule has 2 rings (SSSR count). The van der Waals surface area contributed by atoms with Gasteiger partial charge in [-0.25, -0.2) is 5.84 Å². The molecule has 8 heteroatoms. The molecule has 0 aliphatic heterocycles. The Labute approximate surface area is 182 Å². The van der Waals surface area contributed by atoms with Gasteiger partial charge in [-0.3, -0.25) is 9.80 Å². The Bertz CT molecular complexity index is 938. The highest BCUT2D eigenvalue weighted by Gasteiger charge is 2.21. The number of ether oxygens (including phenoxy) is 1. The van der Waals surface area contributed by atoms with Gasteiger partial charge in [-0.1, -0.05) is 38.8 Å². The van der Waals surface area contributed by atoms with Crippen molar-refractivity contribution >= 4 is 34.9 Å². The maximum Gasteiger partial charge on any atom is 0.255 e. The molecule has 0 fully saturated rings. The first-order valence-electron chi connectivity index (χ1n) is 9.48. The summed E-state index contributed by atoms with van der Waals surface area (Å²) in [4.78, 5) is 13.1. The number of aryl methyl sites for hydroxylation is 1. The average Bonchev–Trinajstić information content (AvgIpc) is 2.67. The molecule has 0 heterocycles. The Hall–Kier alpha value is -2.84. The molecule has 0 atom stereocenters. The molecule has 162 valence electrons. The van der Waals surface area contributed by atoms with Crippen molar-refractivity contribution < 1.29 is 9.53 Å². The number of hydrogen-bond donors (Lipinski definition) is 4. The first-order valence-corrected chi connectivity index (χ1v) is 10.7. The topological polar surface area (TPSA) is 106 Å². The Morgan fingerprint density at radius 1 is 1.20 bits per heavy atom. The van der Waals surface area contributed by atoms with Crippen molar-refractivity contribution in [2.75, 3.05) is 28.4 Å². The number of carbonyl (C=O) groups excluding carboxylic acids is 1. The van der Waals surface area contributed by atoms with Gasteiger partial charge in [0.05, 0.1) is 24.2 Å². The van der Waals surface area contributed by atoms with Gasteiger partial charge >= 0.3 is 0 Å². The maximum atomic E-state index is 13.1. The Balaban J connectivity index is 2.47. The van der Waals surface area contributed by atoms with Gasteiger partial charge in [0.1, 0.15) is 0 Å². The van der Waals surface area contributed by atoms with E-state index in [1.54, 1.807) is 19.2 Å². The average molecular weight is 430 g/mol. The van der Waals surface area contributed by atoms with Gasteiger partial charge in [0.2, 0.25) is 0 Å². The van der Waals surface area contributed by atoms with E-state index in [0.29, 0.717) is 22.7 Å². The number of nitrogens with one attached hydrogen (secondary N) is 2. The summed E-state index contributed by atoms with van der Waals surface area (Å²) in [5, 5.41) is 4.37. The van der Waals surface area contributed by atoms with Crippen LogP contribution >= 0.6 is 11.9 Å². The lowest BCUT2D eigenvalue weighted by Gasteiger charge is -2.24. The minimum atomic E-state index is -0.263. The summed E-state index contributed by atoms with van der Waals surface area (Å²) in [5.41, 5.74) is 9.88. The summed E-state index contributed by atoms with van der Waals surface area (Å²) >= 11 is 1.46. The van der Waals surface area contributed by atoms with E-state index in [9.17, 15) is 4.79 Å². The van der Waals surface area contributed by atoms with E-state index in [4.69, 9.17) is 16.3 Å². The third kappa shape index (κ3) is 5.40. The predicted molar refractivity (Wildman–Crippen MR) is 128 cm³/mol. The summed E-state index contributed by atoms with van der Waals surface area (Å²) in [6.45, 7) is 8.28. The molecule has 0 saturated heterocycles. The second kappa shape index (κ2) is 9.77. The SMILES string of the molecule is COc1c(NSC)cc(C(C)(C)C)cc1NC(=O)c1ccc(C)c(N(N)/C=C\N)c1.